The molecule has 0 saturated heterocycles. The summed E-state index contributed by atoms with van der Waals surface area (Å²) in [6.45, 7) is 1.70. The number of hydrogen-bond donors (Lipinski definition) is 0. The first kappa shape index (κ1) is 22.2. The van der Waals surface area contributed by atoms with Crippen molar-refractivity contribution >= 4 is 22.9 Å². The van der Waals surface area contributed by atoms with Crippen LogP contribution in [0.15, 0.2) is 23.2 Å². The summed E-state index contributed by atoms with van der Waals surface area (Å²) in [6.07, 6.45) is -9.93. The Morgan fingerprint density at radius 1 is 1.00 bits per heavy atom. The third kappa shape index (κ3) is 3.79. The first-order valence-corrected chi connectivity index (χ1v) is 9.11. The van der Waals surface area contributed by atoms with E-state index in [2.05, 4.69) is 20.2 Å². The molecule has 0 unspecified atom stereocenters. The van der Waals surface area contributed by atoms with Gasteiger partial charge in [-0.2, -0.15) is 35.1 Å². The highest BCUT2D eigenvalue weighted by atomic mass is 32.2. The van der Waals surface area contributed by atoms with E-state index >= 15 is 0 Å². The maximum atomic E-state index is 13.6. The Bertz CT molecular complexity index is 1090. The summed E-state index contributed by atoms with van der Waals surface area (Å²) >= 11 is 1.04. The van der Waals surface area contributed by atoms with Crippen molar-refractivity contribution in [2.75, 3.05) is 5.75 Å². The number of aryl methyl sites for hydroxylation is 1. The van der Waals surface area contributed by atoms with Crippen LogP contribution >= 0.6 is 11.8 Å². The molecule has 0 amide bonds. The molecule has 0 aromatic carbocycles. The Hall–Kier alpha value is -2.51. The molecular formula is C16H11F8N5S. The Morgan fingerprint density at radius 2 is 1.67 bits per heavy atom. The van der Waals surface area contributed by atoms with E-state index in [9.17, 15) is 35.1 Å². The third-order valence-electron chi connectivity index (χ3n) is 3.99. The lowest BCUT2D eigenvalue weighted by Crippen LogP contribution is -2.34. The number of hydrogen-bond acceptors (Lipinski definition) is 5. The van der Waals surface area contributed by atoms with Crippen LogP contribution in [-0.2, 0) is 19.1 Å². The lowest BCUT2D eigenvalue weighted by molar-refractivity contribution is -0.291. The van der Waals surface area contributed by atoms with Crippen LogP contribution in [0.2, 0.25) is 0 Å². The molecule has 162 valence electrons. The lowest BCUT2D eigenvalue weighted by atomic mass is 10.2. The molecule has 0 atom stereocenters. The van der Waals surface area contributed by atoms with Gasteiger partial charge in [-0.25, -0.2) is 4.98 Å². The zero-order valence-electron chi connectivity index (χ0n) is 15.1. The Morgan fingerprint density at radius 3 is 2.23 bits per heavy atom. The number of fused-ring (bicyclic) bond motifs is 1. The molecule has 0 radical (unpaired) electrons. The van der Waals surface area contributed by atoms with Crippen LogP contribution in [0, 0.1) is 0 Å². The Balaban J connectivity index is 2.17. The first-order valence-electron chi connectivity index (χ1n) is 8.13. The fraction of sp³-hybridized carbons (Fsp3) is 0.375. The second-order valence-electron chi connectivity index (χ2n) is 6.01. The van der Waals surface area contributed by atoms with Crippen LogP contribution in [0.4, 0.5) is 35.1 Å². The summed E-state index contributed by atoms with van der Waals surface area (Å²) in [5.74, 6) is -4.92. The van der Waals surface area contributed by atoms with Crippen molar-refractivity contribution in [2.24, 2.45) is 7.05 Å². The van der Waals surface area contributed by atoms with Gasteiger partial charge in [0, 0.05) is 18.1 Å². The number of alkyl halides is 8. The zero-order valence-corrected chi connectivity index (χ0v) is 15.9. The predicted octanol–water partition coefficient (Wildman–Crippen LogP) is 5.21. The largest absolute Gasteiger partial charge is 0.459 e. The molecule has 0 aliphatic rings. The molecule has 0 bridgehead atoms. The third-order valence-corrected chi connectivity index (χ3v) is 4.90. The molecule has 5 nitrogen and oxygen atoms in total. The molecule has 0 spiro atoms. The van der Waals surface area contributed by atoms with E-state index in [0.717, 1.165) is 17.8 Å². The summed E-state index contributed by atoms with van der Waals surface area (Å²) < 4.78 is 105. The highest BCUT2D eigenvalue weighted by Gasteiger charge is 2.60. The Labute approximate surface area is 167 Å². The van der Waals surface area contributed by atoms with Gasteiger partial charge in [-0.3, -0.25) is 4.98 Å². The number of pyridine rings is 1. The van der Waals surface area contributed by atoms with Crippen molar-refractivity contribution in [3.63, 3.8) is 0 Å². The summed E-state index contributed by atoms with van der Waals surface area (Å²) in [4.78, 5) is 7.89. The molecule has 3 rings (SSSR count). The quantitative estimate of drug-likeness (QED) is 0.398. The van der Waals surface area contributed by atoms with Gasteiger partial charge in [-0.15, -0.1) is 22.0 Å². The van der Waals surface area contributed by atoms with Gasteiger partial charge in [0.25, 0.3) is 0 Å². The first-order chi connectivity index (χ1) is 13.8. The van der Waals surface area contributed by atoms with Crippen molar-refractivity contribution in [3.05, 3.63) is 29.6 Å². The highest BCUT2D eigenvalue weighted by Crippen LogP contribution is 2.43. The summed E-state index contributed by atoms with van der Waals surface area (Å²) in [7, 11) is 1.36. The van der Waals surface area contributed by atoms with Gasteiger partial charge in [-0.05, 0) is 17.9 Å². The van der Waals surface area contributed by atoms with E-state index in [4.69, 9.17) is 0 Å². The van der Waals surface area contributed by atoms with E-state index in [-0.39, 0.29) is 27.6 Å². The number of nitrogens with zero attached hydrogens (tertiary/aromatic N) is 5. The van der Waals surface area contributed by atoms with E-state index in [1.54, 1.807) is 6.92 Å². The van der Waals surface area contributed by atoms with Gasteiger partial charge in [0.05, 0.1) is 5.56 Å². The van der Waals surface area contributed by atoms with Crippen LogP contribution < -0.4 is 0 Å². The van der Waals surface area contributed by atoms with E-state index < -0.39 is 29.5 Å². The fourth-order valence-corrected chi connectivity index (χ4v) is 3.33. The number of imidazole rings is 1. The van der Waals surface area contributed by atoms with Gasteiger partial charge >= 0.3 is 18.3 Å². The van der Waals surface area contributed by atoms with Gasteiger partial charge in [-0.1, -0.05) is 6.92 Å². The Kier molecular flexibility index (Phi) is 5.41. The van der Waals surface area contributed by atoms with Crippen molar-refractivity contribution in [2.45, 2.75) is 30.1 Å². The van der Waals surface area contributed by atoms with E-state index in [1.165, 1.54) is 11.6 Å². The molecule has 0 aliphatic heterocycles. The SMILES string of the molecule is CCSc1cc(C(F)(F)F)cnc1-c1nc2cc(C(F)(F)C(F)(F)F)nnc2n1C. The number of rotatable bonds is 4. The van der Waals surface area contributed by atoms with Gasteiger partial charge in [0.2, 0.25) is 0 Å². The molecule has 30 heavy (non-hydrogen) atoms. The van der Waals surface area contributed by atoms with E-state index in [1.807, 2.05) is 0 Å². The van der Waals surface area contributed by atoms with Gasteiger partial charge in [0.15, 0.2) is 11.5 Å². The maximum absolute atomic E-state index is 13.6. The van der Waals surface area contributed by atoms with E-state index in [0.29, 0.717) is 18.0 Å². The molecule has 14 heteroatoms. The van der Waals surface area contributed by atoms with Crippen LogP contribution in [0.1, 0.15) is 18.2 Å². The second kappa shape index (κ2) is 7.32. The van der Waals surface area contributed by atoms with Crippen LogP contribution in [0.3, 0.4) is 0 Å². The molecule has 3 aromatic heterocycles. The van der Waals surface area contributed by atoms with Crippen molar-refractivity contribution < 1.29 is 35.1 Å². The smallest absolute Gasteiger partial charge is 0.309 e. The summed E-state index contributed by atoms with van der Waals surface area (Å²) in [5.41, 5.74) is -3.11. The molecule has 0 fully saturated rings. The van der Waals surface area contributed by atoms with Crippen LogP contribution in [-0.4, -0.2) is 36.7 Å². The van der Waals surface area contributed by atoms with Crippen molar-refractivity contribution in [1.82, 2.24) is 24.7 Å². The molecular weight excluding hydrogens is 446 g/mol. The topological polar surface area (TPSA) is 56.5 Å². The standard InChI is InChI=1S/C16H11F8N5S/c1-3-30-9-4-7(15(19,20)21)6-25-11(9)13-26-8-5-10(14(17,18)16(22,23)24)27-28-12(8)29(13)2/h4-6H,3H2,1-2H3. The molecule has 0 saturated carbocycles. The average molecular weight is 457 g/mol. The van der Waals surface area contributed by atoms with Crippen molar-refractivity contribution in [1.29, 1.82) is 0 Å². The van der Waals surface area contributed by atoms with Crippen LogP contribution in [0.5, 0.6) is 0 Å². The minimum atomic E-state index is -5.88. The summed E-state index contributed by atoms with van der Waals surface area (Å²) in [5, 5.41) is 6.36. The number of thioether (sulfide) groups is 1. The molecule has 0 N–H and O–H groups in total. The maximum Gasteiger partial charge on any atom is 0.459 e. The number of aromatic nitrogens is 5. The fourth-order valence-electron chi connectivity index (χ4n) is 2.53. The summed E-state index contributed by atoms with van der Waals surface area (Å²) in [6, 6.07) is 1.31. The van der Waals surface area contributed by atoms with Gasteiger partial charge < -0.3 is 4.57 Å². The number of halogens is 8. The highest BCUT2D eigenvalue weighted by molar-refractivity contribution is 7.99. The normalized spacial score (nSPS) is 13.3. The second-order valence-corrected chi connectivity index (χ2v) is 7.31. The zero-order chi connectivity index (χ0) is 22.5. The molecule has 0 aliphatic carbocycles. The monoisotopic (exact) mass is 457 g/mol. The minimum Gasteiger partial charge on any atom is -0.309 e. The molecule has 3 heterocycles. The van der Waals surface area contributed by atoms with Crippen molar-refractivity contribution in [3.8, 4) is 11.5 Å². The minimum absolute atomic E-state index is 0.000480. The van der Waals surface area contributed by atoms with Crippen LogP contribution in [0.25, 0.3) is 22.7 Å². The molecule has 3 aromatic rings. The van der Waals surface area contributed by atoms with Gasteiger partial charge in [0.1, 0.15) is 16.9 Å². The average Bonchev–Trinajstić information content (AvgIpc) is 2.96. The lowest BCUT2D eigenvalue weighted by Gasteiger charge is -2.17. The predicted molar refractivity (Wildman–Crippen MR) is 90.9 cm³/mol.